The van der Waals surface area contributed by atoms with Crippen LogP contribution in [0.3, 0.4) is 0 Å². The molecule has 15 heavy (non-hydrogen) atoms. The van der Waals surface area contributed by atoms with E-state index in [-0.39, 0.29) is 6.54 Å². The molecule has 0 aliphatic heterocycles. The number of anilines is 1. The average Bonchev–Trinajstić information content (AvgIpc) is 2.15. The van der Waals surface area contributed by atoms with Crippen LogP contribution in [0.4, 0.5) is 5.69 Å². The lowest BCUT2D eigenvalue weighted by atomic mass is 10.2. The number of aryl methyl sites for hydroxylation is 1. The van der Waals surface area contributed by atoms with Gasteiger partial charge in [-0.3, -0.25) is 4.79 Å². The van der Waals surface area contributed by atoms with Crippen LogP contribution >= 0.6 is 11.6 Å². The normalized spacial score (nSPS) is 12.2. The molecule has 0 fully saturated rings. The highest BCUT2D eigenvalue weighted by molar-refractivity contribution is 6.33. The average molecular weight is 228 g/mol. The number of rotatable bonds is 4. The summed E-state index contributed by atoms with van der Waals surface area (Å²) in [5.41, 5.74) is 12.3. The number of carbonyl (C=O) groups excluding carboxylic acids is 1. The second kappa shape index (κ2) is 5.00. The van der Waals surface area contributed by atoms with Crippen molar-refractivity contribution in [2.24, 2.45) is 11.5 Å². The lowest BCUT2D eigenvalue weighted by Gasteiger charge is -2.11. The van der Waals surface area contributed by atoms with Crippen molar-refractivity contribution in [1.82, 2.24) is 0 Å². The largest absolute Gasteiger partial charge is 0.382 e. The van der Waals surface area contributed by atoms with E-state index in [2.05, 4.69) is 5.32 Å². The number of primary amides is 1. The summed E-state index contributed by atoms with van der Waals surface area (Å²) in [5.74, 6) is -0.536. The van der Waals surface area contributed by atoms with Gasteiger partial charge in [-0.15, -0.1) is 0 Å². The smallest absolute Gasteiger partial charge is 0.236 e. The third-order valence-corrected chi connectivity index (χ3v) is 2.32. The molecule has 0 bridgehead atoms. The quantitative estimate of drug-likeness (QED) is 0.714. The zero-order chi connectivity index (χ0) is 11.4. The molecule has 0 saturated carbocycles. The van der Waals surface area contributed by atoms with Crippen LogP contribution in [0.2, 0.25) is 5.02 Å². The molecule has 1 rings (SSSR count). The summed E-state index contributed by atoms with van der Waals surface area (Å²) in [6.45, 7) is 2.23. The number of nitrogens with one attached hydrogen (secondary N) is 1. The molecule has 0 saturated heterocycles. The minimum absolute atomic E-state index is 0.276. The molecule has 82 valence electrons. The van der Waals surface area contributed by atoms with Crippen molar-refractivity contribution in [3.63, 3.8) is 0 Å². The third-order valence-electron chi connectivity index (χ3n) is 2.00. The van der Waals surface area contributed by atoms with Crippen LogP contribution in [0, 0.1) is 6.92 Å². The summed E-state index contributed by atoms with van der Waals surface area (Å²) in [4.78, 5) is 10.7. The highest BCUT2D eigenvalue weighted by Gasteiger charge is 2.09. The molecule has 1 amide bonds. The van der Waals surface area contributed by atoms with Gasteiger partial charge >= 0.3 is 0 Å². The van der Waals surface area contributed by atoms with Crippen molar-refractivity contribution in [3.8, 4) is 0 Å². The first-order chi connectivity index (χ1) is 7.00. The van der Waals surface area contributed by atoms with Crippen LogP contribution in [0.1, 0.15) is 5.56 Å². The molecular weight excluding hydrogens is 214 g/mol. The second-order valence-corrected chi connectivity index (χ2v) is 3.78. The molecule has 1 aromatic rings. The second-order valence-electron chi connectivity index (χ2n) is 3.37. The van der Waals surface area contributed by atoms with Crippen molar-refractivity contribution >= 4 is 23.2 Å². The Labute approximate surface area is 93.6 Å². The van der Waals surface area contributed by atoms with Gasteiger partial charge < -0.3 is 16.8 Å². The van der Waals surface area contributed by atoms with E-state index in [0.29, 0.717) is 5.02 Å². The molecule has 1 unspecified atom stereocenters. The van der Waals surface area contributed by atoms with E-state index >= 15 is 0 Å². The summed E-state index contributed by atoms with van der Waals surface area (Å²) in [7, 11) is 0. The van der Waals surface area contributed by atoms with Gasteiger partial charge in [0.2, 0.25) is 5.91 Å². The maximum absolute atomic E-state index is 10.7. The topological polar surface area (TPSA) is 81.1 Å². The van der Waals surface area contributed by atoms with Gasteiger partial charge in [0.25, 0.3) is 0 Å². The zero-order valence-corrected chi connectivity index (χ0v) is 9.21. The molecular formula is C10H14ClN3O. The van der Waals surface area contributed by atoms with E-state index in [0.717, 1.165) is 11.3 Å². The molecule has 0 radical (unpaired) electrons. The van der Waals surface area contributed by atoms with E-state index in [1.807, 2.05) is 25.1 Å². The molecule has 0 aliphatic rings. The molecule has 5 N–H and O–H groups in total. The number of benzene rings is 1. The fourth-order valence-electron chi connectivity index (χ4n) is 1.08. The molecule has 4 nitrogen and oxygen atoms in total. The monoisotopic (exact) mass is 227 g/mol. The van der Waals surface area contributed by atoms with E-state index in [1.54, 1.807) is 0 Å². The van der Waals surface area contributed by atoms with E-state index in [1.165, 1.54) is 0 Å². The predicted molar refractivity (Wildman–Crippen MR) is 61.8 cm³/mol. The van der Waals surface area contributed by atoms with Crippen molar-refractivity contribution in [3.05, 3.63) is 28.8 Å². The molecule has 5 heteroatoms. The van der Waals surface area contributed by atoms with Gasteiger partial charge in [-0.25, -0.2) is 0 Å². The summed E-state index contributed by atoms with van der Waals surface area (Å²) in [6, 6.07) is 4.89. The van der Waals surface area contributed by atoms with Crippen LogP contribution in [0.15, 0.2) is 18.2 Å². The SMILES string of the molecule is Cc1ccc(NCC(N)C(N)=O)c(Cl)c1. The Kier molecular flexibility index (Phi) is 3.94. The maximum atomic E-state index is 10.7. The Hall–Kier alpha value is -1.26. The maximum Gasteiger partial charge on any atom is 0.236 e. The van der Waals surface area contributed by atoms with Gasteiger partial charge in [0.1, 0.15) is 6.04 Å². The highest BCUT2D eigenvalue weighted by Crippen LogP contribution is 2.22. The third kappa shape index (κ3) is 3.42. The van der Waals surface area contributed by atoms with Crippen LogP contribution in [-0.4, -0.2) is 18.5 Å². The first-order valence-corrected chi connectivity index (χ1v) is 4.93. The molecule has 0 spiro atoms. The first-order valence-electron chi connectivity index (χ1n) is 4.55. The summed E-state index contributed by atoms with van der Waals surface area (Å²) >= 11 is 5.97. The lowest BCUT2D eigenvalue weighted by molar-refractivity contribution is -0.118. The minimum Gasteiger partial charge on any atom is -0.382 e. The number of hydrogen-bond acceptors (Lipinski definition) is 3. The Morgan fingerprint density at radius 1 is 1.60 bits per heavy atom. The Balaban J connectivity index is 2.62. The van der Waals surface area contributed by atoms with Crippen molar-refractivity contribution in [2.45, 2.75) is 13.0 Å². The van der Waals surface area contributed by atoms with Gasteiger partial charge in [-0.2, -0.15) is 0 Å². The summed E-state index contributed by atoms with van der Waals surface area (Å²) in [5, 5.41) is 3.57. The van der Waals surface area contributed by atoms with Gasteiger partial charge in [-0.1, -0.05) is 17.7 Å². The zero-order valence-electron chi connectivity index (χ0n) is 8.46. The lowest BCUT2D eigenvalue weighted by Crippen LogP contribution is -2.41. The molecule has 0 heterocycles. The van der Waals surface area contributed by atoms with Crippen molar-refractivity contribution in [2.75, 3.05) is 11.9 Å². The van der Waals surface area contributed by atoms with Crippen molar-refractivity contribution in [1.29, 1.82) is 0 Å². The Morgan fingerprint density at radius 2 is 2.27 bits per heavy atom. The van der Waals surface area contributed by atoms with Gasteiger partial charge in [-0.05, 0) is 24.6 Å². The summed E-state index contributed by atoms with van der Waals surface area (Å²) < 4.78 is 0. The van der Waals surface area contributed by atoms with Crippen molar-refractivity contribution < 1.29 is 4.79 Å². The number of amides is 1. The number of halogens is 1. The van der Waals surface area contributed by atoms with Crippen LogP contribution in [-0.2, 0) is 4.79 Å². The van der Waals surface area contributed by atoms with Crippen LogP contribution in [0.25, 0.3) is 0 Å². The Morgan fingerprint density at radius 3 is 2.80 bits per heavy atom. The fraction of sp³-hybridized carbons (Fsp3) is 0.300. The standard InChI is InChI=1S/C10H14ClN3O/c1-6-2-3-9(7(11)4-6)14-5-8(12)10(13)15/h2-4,8,14H,5,12H2,1H3,(H2,13,15). The van der Waals surface area contributed by atoms with E-state index in [9.17, 15) is 4.79 Å². The highest BCUT2D eigenvalue weighted by atomic mass is 35.5. The van der Waals surface area contributed by atoms with Gasteiger partial charge in [0.05, 0.1) is 10.7 Å². The van der Waals surface area contributed by atoms with E-state index < -0.39 is 11.9 Å². The number of hydrogen-bond donors (Lipinski definition) is 3. The summed E-state index contributed by atoms with van der Waals surface area (Å²) in [6.07, 6.45) is 0. The predicted octanol–water partition coefficient (Wildman–Crippen LogP) is 0.873. The molecule has 1 atom stereocenters. The van der Waals surface area contributed by atoms with Gasteiger partial charge in [0.15, 0.2) is 0 Å². The fourth-order valence-corrected chi connectivity index (χ4v) is 1.39. The number of nitrogens with two attached hydrogens (primary N) is 2. The number of carbonyl (C=O) groups is 1. The molecule has 1 aromatic carbocycles. The first kappa shape index (κ1) is 11.8. The minimum atomic E-state index is -0.706. The van der Waals surface area contributed by atoms with Crippen LogP contribution in [0.5, 0.6) is 0 Å². The van der Waals surface area contributed by atoms with E-state index in [4.69, 9.17) is 23.1 Å². The Bertz CT molecular complexity index is 368. The molecule has 0 aromatic heterocycles. The van der Waals surface area contributed by atoms with Gasteiger partial charge in [0, 0.05) is 6.54 Å². The molecule has 0 aliphatic carbocycles. The van der Waals surface area contributed by atoms with Crippen LogP contribution < -0.4 is 16.8 Å².